The van der Waals surface area contributed by atoms with E-state index in [1.165, 1.54) is 4.88 Å². The molecule has 20 heavy (non-hydrogen) atoms. The second kappa shape index (κ2) is 4.86. The van der Waals surface area contributed by atoms with Gasteiger partial charge in [0.2, 0.25) is 5.95 Å². The number of anilines is 1. The molecular weight excluding hydrogens is 270 g/mol. The molecule has 6 heteroatoms. The predicted octanol–water partition coefficient (Wildman–Crippen LogP) is 3.28. The van der Waals surface area contributed by atoms with Crippen LogP contribution in [0.5, 0.6) is 0 Å². The average Bonchev–Trinajstić information content (AvgIpc) is 2.93. The maximum atomic E-state index is 4.50. The molecule has 0 bridgehead atoms. The number of nitrogens with zero attached hydrogens (tertiary/aromatic N) is 4. The van der Waals surface area contributed by atoms with E-state index in [4.69, 9.17) is 0 Å². The summed E-state index contributed by atoms with van der Waals surface area (Å²) in [6, 6.07) is 6.12. The highest BCUT2D eigenvalue weighted by atomic mass is 32.1. The van der Waals surface area contributed by atoms with Gasteiger partial charge in [0.05, 0.1) is 16.7 Å². The molecule has 0 aromatic carbocycles. The van der Waals surface area contributed by atoms with Crippen LogP contribution in [0, 0.1) is 20.8 Å². The van der Waals surface area contributed by atoms with Crippen molar-refractivity contribution in [3.63, 3.8) is 0 Å². The van der Waals surface area contributed by atoms with Crippen molar-refractivity contribution < 1.29 is 0 Å². The predicted molar refractivity (Wildman–Crippen MR) is 81.3 cm³/mol. The van der Waals surface area contributed by atoms with Crippen LogP contribution < -0.4 is 5.32 Å². The zero-order chi connectivity index (χ0) is 14.3. The van der Waals surface area contributed by atoms with Gasteiger partial charge in [-0.05, 0) is 39.8 Å². The number of fused-ring (bicyclic) bond motifs is 1. The van der Waals surface area contributed by atoms with Gasteiger partial charge in [-0.2, -0.15) is 4.98 Å². The fourth-order valence-electron chi connectivity index (χ4n) is 2.30. The van der Waals surface area contributed by atoms with Crippen LogP contribution in [0.15, 0.2) is 18.2 Å². The van der Waals surface area contributed by atoms with Crippen molar-refractivity contribution in [2.75, 3.05) is 5.32 Å². The fraction of sp³-hybridized carbons (Fsp3) is 0.357. The number of aromatic nitrogens is 4. The second-order valence-electron chi connectivity index (χ2n) is 4.92. The van der Waals surface area contributed by atoms with Gasteiger partial charge >= 0.3 is 0 Å². The lowest BCUT2D eigenvalue weighted by atomic mass is 10.2. The minimum atomic E-state index is 0.152. The van der Waals surface area contributed by atoms with Crippen LogP contribution in [0.4, 0.5) is 5.95 Å². The van der Waals surface area contributed by atoms with Crippen molar-refractivity contribution in [1.82, 2.24) is 19.6 Å². The summed E-state index contributed by atoms with van der Waals surface area (Å²) < 4.78 is 1.85. The molecule has 104 valence electrons. The first-order valence-corrected chi connectivity index (χ1v) is 7.39. The van der Waals surface area contributed by atoms with E-state index in [2.05, 4.69) is 27.3 Å². The minimum absolute atomic E-state index is 0.152. The van der Waals surface area contributed by atoms with Gasteiger partial charge in [-0.25, -0.2) is 9.50 Å². The van der Waals surface area contributed by atoms with E-state index in [0.717, 1.165) is 22.0 Å². The van der Waals surface area contributed by atoms with Crippen molar-refractivity contribution in [2.24, 2.45) is 0 Å². The number of pyridine rings is 1. The largest absolute Gasteiger partial charge is 0.346 e. The Morgan fingerprint density at radius 3 is 2.65 bits per heavy atom. The van der Waals surface area contributed by atoms with E-state index in [1.807, 2.05) is 43.5 Å². The molecule has 0 radical (unpaired) electrons. The first kappa shape index (κ1) is 13.1. The number of nitrogens with one attached hydrogen (secondary N) is 1. The minimum Gasteiger partial charge on any atom is -0.346 e. The molecule has 3 rings (SSSR count). The number of aryl methyl sites for hydroxylation is 3. The first-order valence-electron chi connectivity index (χ1n) is 6.57. The molecule has 0 fully saturated rings. The molecule has 0 aliphatic carbocycles. The maximum absolute atomic E-state index is 4.50. The summed E-state index contributed by atoms with van der Waals surface area (Å²) in [7, 11) is 0. The van der Waals surface area contributed by atoms with Crippen molar-refractivity contribution >= 4 is 22.9 Å². The highest BCUT2D eigenvalue weighted by Gasteiger charge is 2.15. The van der Waals surface area contributed by atoms with Crippen molar-refractivity contribution in [3.8, 4) is 0 Å². The van der Waals surface area contributed by atoms with E-state index in [9.17, 15) is 0 Å². The molecule has 1 atom stereocenters. The number of hydrogen-bond donors (Lipinski definition) is 1. The van der Waals surface area contributed by atoms with E-state index < -0.39 is 0 Å². The monoisotopic (exact) mass is 287 g/mol. The molecule has 5 nitrogen and oxygen atoms in total. The molecule has 0 saturated carbocycles. The Kier molecular flexibility index (Phi) is 3.17. The smallest absolute Gasteiger partial charge is 0.243 e. The molecule has 0 amide bonds. The highest BCUT2D eigenvalue weighted by Crippen LogP contribution is 2.26. The molecule has 0 saturated heterocycles. The Morgan fingerprint density at radius 2 is 2.00 bits per heavy atom. The molecule has 3 aromatic heterocycles. The Labute approximate surface area is 121 Å². The number of rotatable bonds is 3. The van der Waals surface area contributed by atoms with E-state index in [1.54, 1.807) is 11.3 Å². The Bertz CT molecular complexity index is 758. The molecule has 0 aliphatic rings. The molecule has 0 aliphatic heterocycles. The summed E-state index contributed by atoms with van der Waals surface area (Å²) in [6.07, 6.45) is 0. The van der Waals surface area contributed by atoms with Gasteiger partial charge < -0.3 is 5.32 Å². The standard InChI is InChI=1S/C14H17N5S/c1-8-6-5-7-12-17-14(18-19(8)12)16-10(3)13-9(2)15-11(4)20-13/h5-7,10H,1-4H3,(H,16,18). The molecule has 1 unspecified atom stereocenters. The van der Waals surface area contributed by atoms with Gasteiger partial charge in [-0.1, -0.05) is 6.07 Å². The van der Waals surface area contributed by atoms with E-state index in [-0.39, 0.29) is 6.04 Å². The van der Waals surface area contributed by atoms with Crippen LogP contribution in [-0.2, 0) is 0 Å². The van der Waals surface area contributed by atoms with E-state index >= 15 is 0 Å². The molecule has 3 heterocycles. The maximum Gasteiger partial charge on any atom is 0.243 e. The highest BCUT2D eigenvalue weighted by molar-refractivity contribution is 7.11. The second-order valence-corrected chi connectivity index (χ2v) is 6.16. The Hall–Kier alpha value is -1.95. The van der Waals surface area contributed by atoms with E-state index in [0.29, 0.717) is 5.95 Å². The van der Waals surface area contributed by atoms with Crippen molar-refractivity contribution in [3.05, 3.63) is 39.5 Å². The Morgan fingerprint density at radius 1 is 1.20 bits per heavy atom. The van der Waals surface area contributed by atoms with Gasteiger partial charge in [0.25, 0.3) is 0 Å². The van der Waals surface area contributed by atoms with Gasteiger partial charge in [-0.3, -0.25) is 0 Å². The van der Waals surface area contributed by atoms with Crippen LogP contribution in [0.1, 0.15) is 34.2 Å². The SMILES string of the molecule is Cc1nc(C)c(C(C)Nc2nc3cccc(C)n3n2)s1. The summed E-state index contributed by atoms with van der Waals surface area (Å²) in [4.78, 5) is 10.2. The third kappa shape index (κ3) is 2.27. The van der Waals surface area contributed by atoms with Crippen LogP contribution >= 0.6 is 11.3 Å². The fourth-order valence-corrected chi connectivity index (χ4v) is 3.23. The van der Waals surface area contributed by atoms with Gasteiger partial charge in [0.15, 0.2) is 5.65 Å². The topological polar surface area (TPSA) is 55.1 Å². The zero-order valence-electron chi connectivity index (χ0n) is 12.0. The summed E-state index contributed by atoms with van der Waals surface area (Å²) in [5.74, 6) is 0.650. The van der Waals surface area contributed by atoms with Crippen LogP contribution in [-0.4, -0.2) is 19.6 Å². The summed E-state index contributed by atoms with van der Waals surface area (Å²) >= 11 is 1.72. The lowest BCUT2D eigenvalue weighted by Crippen LogP contribution is -2.07. The molecule has 1 N–H and O–H groups in total. The summed E-state index contributed by atoms with van der Waals surface area (Å²) in [5.41, 5.74) is 3.00. The molecule has 3 aromatic rings. The molecule has 0 spiro atoms. The lowest BCUT2D eigenvalue weighted by molar-refractivity contribution is 0.850. The van der Waals surface area contributed by atoms with Crippen molar-refractivity contribution in [2.45, 2.75) is 33.7 Å². The molecular formula is C14H17N5S. The average molecular weight is 287 g/mol. The normalized spacial score (nSPS) is 12.8. The third-order valence-corrected chi connectivity index (χ3v) is 4.48. The van der Waals surface area contributed by atoms with Crippen LogP contribution in [0.2, 0.25) is 0 Å². The van der Waals surface area contributed by atoms with Gasteiger partial charge in [-0.15, -0.1) is 16.4 Å². The lowest BCUT2D eigenvalue weighted by Gasteiger charge is -2.10. The summed E-state index contributed by atoms with van der Waals surface area (Å²) in [6.45, 7) is 8.20. The number of thiazole rings is 1. The number of hydrogen-bond acceptors (Lipinski definition) is 5. The van der Waals surface area contributed by atoms with Gasteiger partial charge in [0, 0.05) is 10.6 Å². The third-order valence-electron chi connectivity index (χ3n) is 3.23. The Balaban J connectivity index is 1.89. The zero-order valence-corrected chi connectivity index (χ0v) is 12.8. The summed E-state index contributed by atoms with van der Waals surface area (Å²) in [5, 5.41) is 8.94. The van der Waals surface area contributed by atoms with Crippen molar-refractivity contribution in [1.29, 1.82) is 0 Å². The first-order chi connectivity index (χ1) is 9.54. The van der Waals surface area contributed by atoms with Gasteiger partial charge in [0.1, 0.15) is 0 Å². The quantitative estimate of drug-likeness (QED) is 0.803. The van der Waals surface area contributed by atoms with Crippen LogP contribution in [0.25, 0.3) is 5.65 Å². The van der Waals surface area contributed by atoms with Crippen LogP contribution in [0.3, 0.4) is 0 Å².